The van der Waals surface area contributed by atoms with Gasteiger partial charge in [0.15, 0.2) is 11.3 Å². The highest BCUT2D eigenvalue weighted by Crippen LogP contribution is 2.40. The highest BCUT2D eigenvalue weighted by molar-refractivity contribution is 6.38. The highest BCUT2D eigenvalue weighted by Gasteiger charge is 2.47. The topological polar surface area (TPSA) is 71.5 Å². The Bertz CT molecular complexity index is 883. The average molecular weight is 384 g/mol. The van der Waals surface area contributed by atoms with Gasteiger partial charge in [0, 0.05) is 17.5 Å². The molecule has 0 saturated carbocycles. The predicted molar refractivity (Wildman–Crippen MR) is 90.6 cm³/mol. The molecule has 3 aromatic rings. The van der Waals surface area contributed by atoms with E-state index in [1.807, 2.05) is 6.07 Å². The van der Waals surface area contributed by atoms with Gasteiger partial charge >= 0.3 is 0 Å². The number of hydrogen-bond donors (Lipinski definition) is 0. The summed E-state index contributed by atoms with van der Waals surface area (Å²) in [5.41, 5.74) is 0.529. The van der Waals surface area contributed by atoms with Gasteiger partial charge in [-0.15, -0.1) is 0 Å². The van der Waals surface area contributed by atoms with Gasteiger partial charge in [0.1, 0.15) is 25.3 Å². The monoisotopic (exact) mass is 383 g/mol. The van der Waals surface area contributed by atoms with E-state index >= 15 is 0 Å². The number of fused-ring (bicyclic) bond motifs is 1. The summed E-state index contributed by atoms with van der Waals surface area (Å²) in [7, 11) is 1.61. The third-order valence-corrected chi connectivity index (χ3v) is 4.46. The van der Waals surface area contributed by atoms with Crippen LogP contribution in [0.1, 0.15) is 5.76 Å². The number of nitrogens with zero attached hydrogens (tertiary/aromatic N) is 3. The van der Waals surface area contributed by atoms with Crippen LogP contribution in [0, 0.1) is 0 Å². The van der Waals surface area contributed by atoms with Crippen LogP contribution >= 0.6 is 23.2 Å². The lowest BCUT2D eigenvalue weighted by molar-refractivity contribution is -0.203. The summed E-state index contributed by atoms with van der Waals surface area (Å²) in [6.45, 7) is 1.05. The van der Waals surface area contributed by atoms with Crippen molar-refractivity contribution in [2.24, 2.45) is 0 Å². The smallest absolute Gasteiger partial charge is 0.249 e. The van der Waals surface area contributed by atoms with Crippen molar-refractivity contribution in [2.45, 2.75) is 18.4 Å². The first kappa shape index (κ1) is 16.8. The SMILES string of the molecule is COC[C@@H]1CO[C@@](Cn2cncn2)(c2cc3cc(Cl)cc(Cl)c3o2)O1. The molecule has 0 unspecified atom stereocenters. The molecule has 2 atom stereocenters. The molecule has 0 amide bonds. The molecule has 0 aliphatic carbocycles. The van der Waals surface area contributed by atoms with Crippen molar-refractivity contribution in [3.05, 3.63) is 46.7 Å². The maximum Gasteiger partial charge on any atom is 0.249 e. The summed E-state index contributed by atoms with van der Waals surface area (Å²) in [5, 5.41) is 5.86. The summed E-state index contributed by atoms with van der Waals surface area (Å²) < 4.78 is 24.9. The molecule has 1 aliphatic rings. The Hall–Kier alpha value is -1.64. The van der Waals surface area contributed by atoms with Crippen molar-refractivity contribution in [1.29, 1.82) is 0 Å². The van der Waals surface area contributed by atoms with E-state index in [0.717, 1.165) is 5.39 Å². The van der Waals surface area contributed by atoms with Crippen LogP contribution in [0.5, 0.6) is 0 Å². The van der Waals surface area contributed by atoms with E-state index in [2.05, 4.69) is 10.1 Å². The molecule has 3 heterocycles. The molecule has 1 fully saturated rings. The summed E-state index contributed by atoms with van der Waals surface area (Å²) in [5.74, 6) is -0.660. The van der Waals surface area contributed by atoms with Crippen LogP contribution in [0.15, 0.2) is 35.3 Å². The van der Waals surface area contributed by atoms with E-state index in [-0.39, 0.29) is 12.6 Å². The maximum absolute atomic E-state index is 6.24. The minimum atomic E-state index is -1.15. The molecule has 0 radical (unpaired) electrons. The number of ether oxygens (including phenoxy) is 3. The van der Waals surface area contributed by atoms with Gasteiger partial charge in [-0.2, -0.15) is 5.10 Å². The Morgan fingerprint density at radius 1 is 1.36 bits per heavy atom. The Balaban J connectivity index is 1.77. The Morgan fingerprint density at radius 3 is 3.00 bits per heavy atom. The zero-order valence-corrected chi connectivity index (χ0v) is 14.8. The number of methoxy groups -OCH3 is 1. The zero-order valence-electron chi connectivity index (χ0n) is 13.3. The second-order valence-corrected chi connectivity index (χ2v) is 6.61. The zero-order chi connectivity index (χ0) is 17.4. The van der Waals surface area contributed by atoms with Crippen molar-refractivity contribution in [3.8, 4) is 0 Å². The van der Waals surface area contributed by atoms with Gasteiger partial charge < -0.3 is 18.6 Å². The average Bonchev–Trinajstić information content (AvgIpc) is 3.28. The first-order valence-corrected chi connectivity index (χ1v) is 8.37. The summed E-state index contributed by atoms with van der Waals surface area (Å²) >= 11 is 12.3. The number of benzene rings is 1. The van der Waals surface area contributed by atoms with E-state index in [0.29, 0.717) is 34.6 Å². The maximum atomic E-state index is 6.24. The lowest BCUT2D eigenvalue weighted by atomic mass is 10.2. The molecule has 2 aromatic heterocycles. The molecule has 1 aromatic carbocycles. The van der Waals surface area contributed by atoms with Gasteiger partial charge in [0.05, 0.1) is 18.2 Å². The minimum Gasteiger partial charge on any atom is -0.454 e. The fraction of sp³-hybridized carbons (Fsp3) is 0.375. The number of hydrogen-bond acceptors (Lipinski definition) is 6. The minimum absolute atomic E-state index is 0.221. The highest BCUT2D eigenvalue weighted by atomic mass is 35.5. The van der Waals surface area contributed by atoms with Gasteiger partial charge in [-0.05, 0) is 18.2 Å². The van der Waals surface area contributed by atoms with Crippen LogP contribution in [0.3, 0.4) is 0 Å². The van der Waals surface area contributed by atoms with E-state index in [9.17, 15) is 0 Å². The van der Waals surface area contributed by atoms with Crippen LogP contribution in [-0.2, 0) is 26.5 Å². The molecule has 4 rings (SSSR count). The molecule has 1 aliphatic heterocycles. The number of furan rings is 1. The molecule has 9 heteroatoms. The number of rotatable bonds is 5. The Labute approximate surface area is 153 Å². The molecule has 132 valence electrons. The largest absolute Gasteiger partial charge is 0.454 e. The first-order valence-electron chi connectivity index (χ1n) is 7.62. The molecule has 25 heavy (non-hydrogen) atoms. The van der Waals surface area contributed by atoms with Gasteiger partial charge in [-0.1, -0.05) is 23.2 Å². The lowest BCUT2D eigenvalue weighted by Crippen LogP contribution is -2.34. The van der Waals surface area contributed by atoms with E-state index < -0.39 is 5.79 Å². The number of halogens is 2. The van der Waals surface area contributed by atoms with Crippen LogP contribution in [0.4, 0.5) is 0 Å². The molecule has 1 saturated heterocycles. The molecular formula is C16H15Cl2N3O4. The van der Waals surface area contributed by atoms with Crippen molar-refractivity contribution in [3.63, 3.8) is 0 Å². The summed E-state index contributed by atoms with van der Waals surface area (Å²) in [6.07, 6.45) is 2.82. The second kappa shape index (κ2) is 6.59. The molecular weight excluding hydrogens is 369 g/mol. The molecule has 0 bridgehead atoms. The molecule has 7 nitrogen and oxygen atoms in total. The fourth-order valence-electron chi connectivity index (χ4n) is 2.91. The predicted octanol–water partition coefficient (Wildman–Crippen LogP) is 3.25. The van der Waals surface area contributed by atoms with Gasteiger partial charge in [-0.25, -0.2) is 9.67 Å². The van der Waals surface area contributed by atoms with Crippen molar-refractivity contribution >= 4 is 34.2 Å². The Morgan fingerprint density at radius 2 is 2.24 bits per heavy atom. The van der Waals surface area contributed by atoms with Crippen molar-refractivity contribution < 1.29 is 18.6 Å². The van der Waals surface area contributed by atoms with Gasteiger partial charge in [-0.3, -0.25) is 0 Å². The second-order valence-electron chi connectivity index (χ2n) is 5.77. The van der Waals surface area contributed by atoms with E-state index in [1.54, 1.807) is 30.3 Å². The van der Waals surface area contributed by atoms with Gasteiger partial charge in [0.25, 0.3) is 0 Å². The summed E-state index contributed by atoms with van der Waals surface area (Å²) in [6, 6.07) is 5.23. The standard InChI is InChI=1S/C16H15Cl2N3O4/c1-22-5-12-6-23-16(25-12,7-21-9-19-8-20-21)14-3-10-2-11(17)4-13(18)15(10)24-14/h2-4,8-9,12H,5-7H2,1H3/t12-,16-/m1/s1. The van der Waals surface area contributed by atoms with Crippen molar-refractivity contribution in [1.82, 2.24) is 14.8 Å². The number of aromatic nitrogens is 3. The first-order chi connectivity index (χ1) is 12.1. The normalized spacial score (nSPS) is 23.6. The lowest BCUT2D eigenvalue weighted by Gasteiger charge is -2.25. The van der Waals surface area contributed by atoms with Crippen LogP contribution in [-0.4, -0.2) is 41.2 Å². The van der Waals surface area contributed by atoms with Crippen LogP contribution in [0.2, 0.25) is 10.0 Å². The van der Waals surface area contributed by atoms with Crippen molar-refractivity contribution in [2.75, 3.05) is 20.3 Å². The third kappa shape index (κ3) is 3.14. The van der Waals surface area contributed by atoms with E-state index in [1.165, 1.54) is 6.33 Å². The van der Waals surface area contributed by atoms with Gasteiger partial charge in [0.2, 0.25) is 5.79 Å². The molecule has 0 N–H and O–H groups in total. The van der Waals surface area contributed by atoms with Crippen LogP contribution in [0.25, 0.3) is 11.0 Å². The summed E-state index contributed by atoms with van der Waals surface area (Å²) in [4.78, 5) is 3.96. The fourth-order valence-corrected chi connectivity index (χ4v) is 3.46. The Kier molecular flexibility index (Phi) is 4.43. The van der Waals surface area contributed by atoms with Crippen LogP contribution < -0.4 is 0 Å². The quantitative estimate of drug-likeness (QED) is 0.673. The molecule has 0 spiro atoms. The van der Waals surface area contributed by atoms with E-state index in [4.69, 9.17) is 41.8 Å². The third-order valence-electron chi connectivity index (χ3n) is 3.96.